The van der Waals surface area contributed by atoms with Crippen molar-refractivity contribution in [3.8, 4) is 11.7 Å². The fraction of sp³-hybridized carbons (Fsp3) is 0.500. The Hall–Kier alpha value is -1.66. The van der Waals surface area contributed by atoms with E-state index in [2.05, 4.69) is 15.0 Å². The maximum atomic E-state index is 5.74. The topological polar surface area (TPSA) is 81.3 Å². The van der Waals surface area contributed by atoms with Crippen LogP contribution in [0.4, 0.5) is 0 Å². The molecule has 3 heterocycles. The summed E-state index contributed by atoms with van der Waals surface area (Å²) in [5, 5.41) is 3.98. The summed E-state index contributed by atoms with van der Waals surface area (Å²) in [4.78, 5) is 6.63. The highest BCUT2D eigenvalue weighted by atomic mass is 16.5. The van der Waals surface area contributed by atoms with Gasteiger partial charge in [-0.25, -0.2) is 0 Å². The third kappa shape index (κ3) is 2.16. The van der Waals surface area contributed by atoms with Gasteiger partial charge in [0.1, 0.15) is 0 Å². The maximum absolute atomic E-state index is 5.74. The van der Waals surface area contributed by atoms with Crippen LogP contribution < -0.4 is 5.73 Å². The van der Waals surface area contributed by atoms with Crippen LogP contribution in [0.5, 0.6) is 0 Å². The number of hydrogen-bond acceptors (Lipinski definition) is 6. The summed E-state index contributed by atoms with van der Waals surface area (Å²) in [7, 11) is 0. The van der Waals surface area contributed by atoms with E-state index in [9.17, 15) is 0 Å². The molecule has 1 aliphatic heterocycles. The third-order valence-corrected chi connectivity index (χ3v) is 3.32. The van der Waals surface area contributed by atoms with E-state index >= 15 is 0 Å². The van der Waals surface area contributed by atoms with Crippen LogP contribution in [0.25, 0.3) is 11.7 Å². The lowest BCUT2D eigenvalue weighted by molar-refractivity contribution is 0.240. The highest BCUT2D eigenvalue weighted by molar-refractivity contribution is 5.42. The van der Waals surface area contributed by atoms with Crippen LogP contribution in [0.2, 0.25) is 0 Å². The largest absolute Gasteiger partial charge is 0.459 e. The molecule has 2 aromatic rings. The predicted molar refractivity (Wildman–Crippen MR) is 64.5 cm³/mol. The van der Waals surface area contributed by atoms with Gasteiger partial charge in [0, 0.05) is 12.6 Å². The van der Waals surface area contributed by atoms with Crippen LogP contribution in [0.3, 0.4) is 0 Å². The molecule has 6 heteroatoms. The van der Waals surface area contributed by atoms with Gasteiger partial charge in [-0.05, 0) is 31.5 Å². The Labute approximate surface area is 105 Å². The second kappa shape index (κ2) is 4.91. The number of aromatic nitrogens is 2. The minimum absolute atomic E-state index is 0.429. The maximum Gasteiger partial charge on any atom is 0.293 e. The van der Waals surface area contributed by atoms with Crippen LogP contribution in [0, 0.1) is 0 Å². The second-order valence-corrected chi connectivity index (χ2v) is 4.50. The minimum atomic E-state index is 0.429. The molecule has 18 heavy (non-hydrogen) atoms. The molecule has 2 aromatic heterocycles. The van der Waals surface area contributed by atoms with Crippen LogP contribution in [0.15, 0.2) is 27.3 Å². The van der Waals surface area contributed by atoms with Crippen molar-refractivity contribution in [2.45, 2.75) is 25.4 Å². The van der Waals surface area contributed by atoms with Gasteiger partial charge in [0.15, 0.2) is 11.6 Å². The van der Waals surface area contributed by atoms with E-state index in [-0.39, 0.29) is 0 Å². The van der Waals surface area contributed by atoms with Gasteiger partial charge in [0.2, 0.25) is 0 Å². The minimum Gasteiger partial charge on any atom is -0.459 e. The van der Waals surface area contributed by atoms with Gasteiger partial charge in [-0.3, -0.25) is 4.90 Å². The molecule has 1 fully saturated rings. The van der Waals surface area contributed by atoms with Crippen molar-refractivity contribution in [3.05, 3.63) is 24.2 Å². The van der Waals surface area contributed by atoms with Crippen molar-refractivity contribution >= 4 is 0 Å². The SMILES string of the molecule is NCC1CCCN1Cc1noc(-c2ccco2)n1. The van der Waals surface area contributed by atoms with Crippen LogP contribution in [-0.4, -0.2) is 34.2 Å². The molecular formula is C12H16N4O2. The zero-order chi connectivity index (χ0) is 12.4. The summed E-state index contributed by atoms with van der Waals surface area (Å²) in [5.74, 6) is 1.71. The number of likely N-dealkylation sites (tertiary alicyclic amines) is 1. The van der Waals surface area contributed by atoms with Crippen LogP contribution >= 0.6 is 0 Å². The molecule has 0 amide bonds. The van der Waals surface area contributed by atoms with E-state index in [1.54, 1.807) is 18.4 Å². The molecule has 1 aliphatic rings. The predicted octanol–water partition coefficient (Wildman–Crippen LogP) is 1.25. The Morgan fingerprint density at radius 3 is 3.22 bits per heavy atom. The molecule has 1 atom stereocenters. The highest BCUT2D eigenvalue weighted by Crippen LogP contribution is 2.21. The third-order valence-electron chi connectivity index (χ3n) is 3.32. The molecule has 1 unspecified atom stereocenters. The van der Waals surface area contributed by atoms with E-state index < -0.39 is 0 Å². The van der Waals surface area contributed by atoms with Gasteiger partial charge in [0.25, 0.3) is 5.89 Å². The molecular weight excluding hydrogens is 232 g/mol. The quantitative estimate of drug-likeness (QED) is 0.877. The van der Waals surface area contributed by atoms with E-state index in [0.717, 1.165) is 13.0 Å². The molecule has 96 valence electrons. The second-order valence-electron chi connectivity index (χ2n) is 4.50. The van der Waals surface area contributed by atoms with Crippen molar-refractivity contribution in [1.82, 2.24) is 15.0 Å². The average Bonchev–Trinajstić information content (AvgIpc) is 3.10. The summed E-state index contributed by atoms with van der Waals surface area (Å²) in [5.41, 5.74) is 5.74. The Morgan fingerprint density at radius 2 is 2.44 bits per heavy atom. The number of hydrogen-bond donors (Lipinski definition) is 1. The molecule has 3 rings (SSSR count). The lowest BCUT2D eigenvalue weighted by Gasteiger charge is -2.20. The molecule has 0 radical (unpaired) electrons. The Bertz CT molecular complexity index is 494. The summed E-state index contributed by atoms with van der Waals surface area (Å²) in [6, 6.07) is 4.04. The van der Waals surface area contributed by atoms with Crippen molar-refractivity contribution < 1.29 is 8.94 Å². The fourth-order valence-corrected chi connectivity index (χ4v) is 2.37. The number of rotatable bonds is 4. The van der Waals surface area contributed by atoms with Crippen LogP contribution in [0.1, 0.15) is 18.7 Å². The summed E-state index contributed by atoms with van der Waals surface area (Å²) >= 11 is 0. The van der Waals surface area contributed by atoms with Gasteiger partial charge in [-0.2, -0.15) is 4.98 Å². The fourth-order valence-electron chi connectivity index (χ4n) is 2.37. The normalized spacial score (nSPS) is 20.6. The van der Waals surface area contributed by atoms with E-state index in [0.29, 0.717) is 36.6 Å². The smallest absolute Gasteiger partial charge is 0.293 e. The van der Waals surface area contributed by atoms with Gasteiger partial charge in [0.05, 0.1) is 12.8 Å². The highest BCUT2D eigenvalue weighted by Gasteiger charge is 2.24. The van der Waals surface area contributed by atoms with Gasteiger partial charge < -0.3 is 14.7 Å². The molecule has 0 aromatic carbocycles. The molecule has 1 saturated heterocycles. The van der Waals surface area contributed by atoms with Crippen molar-refractivity contribution in [2.75, 3.05) is 13.1 Å². The molecule has 0 spiro atoms. The Kier molecular flexibility index (Phi) is 3.12. The zero-order valence-corrected chi connectivity index (χ0v) is 10.1. The zero-order valence-electron chi connectivity index (χ0n) is 10.1. The molecule has 0 aliphatic carbocycles. The molecule has 2 N–H and O–H groups in total. The van der Waals surface area contributed by atoms with E-state index in [1.165, 1.54) is 6.42 Å². The lowest BCUT2D eigenvalue weighted by Crippen LogP contribution is -2.35. The van der Waals surface area contributed by atoms with Gasteiger partial charge >= 0.3 is 0 Å². The number of nitrogens with two attached hydrogens (primary N) is 1. The lowest BCUT2D eigenvalue weighted by atomic mass is 10.2. The average molecular weight is 248 g/mol. The summed E-state index contributed by atoms with van der Waals surface area (Å²) in [6.07, 6.45) is 3.92. The Morgan fingerprint density at radius 1 is 1.50 bits per heavy atom. The van der Waals surface area contributed by atoms with Crippen molar-refractivity contribution in [1.29, 1.82) is 0 Å². The molecule has 6 nitrogen and oxygen atoms in total. The summed E-state index contributed by atoms with van der Waals surface area (Å²) < 4.78 is 10.4. The Balaban J connectivity index is 1.70. The van der Waals surface area contributed by atoms with Crippen molar-refractivity contribution in [2.24, 2.45) is 5.73 Å². The standard InChI is InChI=1S/C12H16N4O2/c13-7-9-3-1-5-16(9)8-11-14-12(18-15-11)10-4-2-6-17-10/h2,4,6,9H,1,3,5,7-8,13H2. The van der Waals surface area contributed by atoms with E-state index in [4.69, 9.17) is 14.7 Å². The van der Waals surface area contributed by atoms with Gasteiger partial charge in [-0.15, -0.1) is 0 Å². The molecule has 0 bridgehead atoms. The summed E-state index contributed by atoms with van der Waals surface area (Å²) in [6.45, 7) is 2.42. The first-order valence-electron chi connectivity index (χ1n) is 6.17. The van der Waals surface area contributed by atoms with Crippen LogP contribution in [-0.2, 0) is 6.54 Å². The van der Waals surface area contributed by atoms with E-state index in [1.807, 2.05) is 0 Å². The van der Waals surface area contributed by atoms with Crippen molar-refractivity contribution in [3.63, 3.8) is 0 Å². The van der Waals surface area contributed by atoms with Gasteiger partial charge in [-0.1, -0.05) is 5.16 Å². The first kappa shape index (κ1) is 11.4. The molecule has 0 saturated carbocycles. The monoisotopic (exact) mass is 248 g/mol. The first-order valence-corrected chi connectivity index (χ1v) is 6.17. The first-order chi connectivity index (χ1) is 8.86. The number of furan rings is 1. The number of nitrogens with zero attached hydrogens (tertiary/aromatic N) is 3.